The van der Waals surface area contributed by atoms with Crippen molar-refractivity contribution in [3.63, 3.8) is 0 Å². The summed E-state index contributed by atoms with van der Waals surface area (Å²) in [6.07, 6.45) is 4.72. The molecule has 0 atom stereocenters. The van der Waals surface area contributed by atoms with Gasteiger partial charge in [-0.2, -0.15) is 0 Å². The molecule has 1 aliphatic heterocycles. The minimum absolute atomic E-state index is 0.0799. The van der Waals surface area contributed by atoms with E-state index in [0.29, 0.717) is 25.9 Å². The van der Waals surface area contributed by atoms with Crippen LogP contribution in [0.15, 0.2) is 60.9 Å². The van der Waals surface area contributed by atoms with Gasteiger partial charge in [-0.05, 0) is 52.9 Å². The summed E-state index contributed by atoms with van der Waals surface area (Å²) in [6, 6.07) is 17.8. The van der Waals surface area contributed by atoms with Gasteiger partial charge in [0.2, 0.25) is 11.8 Å². The molecule has 1 fully saturated rings. The molecular weight excluding hydrogens is 392 g/mol. The van der Waals surface area contributed by atoms with Gasteiger partial charge in [0.25, 0.3) is 0 Å². The Bertz CT molecular complexity index is 981. The van der Waals surface area contributed by atoms with Crippen molar-refractivity contribution in [1.82, 2.24) is 30.4 Å². The van der Waals surface area contributed by atoms with Crippen molar-refractivity contribution in [3.05, 3.63) is 72.1 Å². The van der Waals surface area contributed by atoms with E-state index >= 15 is 0 Å². The van der Waals surface area contributed by atoms with Gasteiger partial charge < -0.3 is 10.2 Å². The third-order valence-corrected chi connectivity index (χ3v) is 5.60. The summed E-state index contributed by atoms with van der Waals surface area (Å²) in [5.41, 5.74) is 2.98. The van der Waals surface area contributed by atoms with Crippen LogP contribution in [0.4, 0.5) is 0 Å². The largest absolute Gasteiger partial charge is 0.353 e. The molecule has 2 aromatic carbocycles. The van der Waals surface area contributed by atoms with Gasteiger partial charge in [0.15, 0.2) is 0 Å². The Morgan fingerprint density at radius 1 is 0.968 bits per heavy atom. The van der Waals surface area contributed by atoms with E-state index in [-0.39, 0.29) is 17.9 Å². The average molecular weight is 419 g/mol. The van der Waals surface area contributed by atoms with Crippen LogP contribution in [0.5, 0.6) is 0 Å². The van der Waals surface area contributed by atoms with Crippen LogP contribution in [0, 0.1) is 0 Å². The molecule has 0 aliphatic carbocycles. The number of amides is 2. The Hall–Kier alpha value is -3.55. The van der Waals surface area contributed by atoms with Gasteiger partial charge in [-0.25, -0.2) is 4.68 Å². The monoisotopic (exact) mass is 418 g/mol. The molecule has 4 rings (SSSR count). The van der Waals surface area contributed by atoms with Crippen LogP contribution in [0.2, 0.25) is 0 Å². The molecule has 2 amide bonds. The van der Waals surface area contributed by atoms with Crippen molar-refractivity contribution in [3.8, 4) is 5.69 Å². The Labute approximate surface area is 181 Å². The van der Waals surface area contributed by atoms with E-state index in [1.807, 2.05) is 59.5 Å². The second-order valence-electron chi connectivity index (χ2n) is 7.81. The molecule has 0 spiro atoms. The fraction of sp³-hybridized carbons (Fsp3) is 0.348. The van der Waals surface area contributed by atoms with Gasteiger partial charge >= 0.3 is 0 Å². The fourth-order valence-electron chi connectivity index (χ4n) is 3.81. The predicted octanol–water partition coefficient (Wildman–Crippen LogP) is 1.94. The molecule has 0 unspecified atom stereocenters. The maximum absolute atomic E-state index is 12.7. The van der Waals surface area contributed by atoms with E-state index in [1.54, 1.807) is 4.68 Å². The van der Waals surface area contributed by atoms with Gasteiger partial charge in [0.05, 0.1) is 12.1 Å². The highest BCUT2D eigenvalue weighted by Gasteiger charge is 2.23. The van der Waals surface area contributed by atoms with E-state index in [9.17, 15) is 9.59 Å². The highest BCUT2D eigenvalue weighted by atomic mass is 16.2. The lowest BCUT2D eigenvalue weighted by Gasteiger charge is -2.32. The van der Waals surface area contributed by atoms with Crippen molar-refractivity contribution < 1.29 is 9.59 Å². The number of carbonyl (C=O) groups is 2. The lowest BCUT2D eigenvalue weighted by molar-refractivity contribution is -0.131. The van der Waals surface area contributed by atoms with E-state index in [2.05, 4.69) is 20.8 Å². The van der Waals surface area contributed by atoms with Crippen LogP contribution < -0.4 is 5.32 Å². The van der Waals surface area contributed by atoms with Gasteiger partial charge in [-0.3, -0.25) is 9.59 Å². The maximum atomic E-state index is 12.7. The van der Waals surface area contributed by atoms with Gasteiger partial charge in [0.1, 0.15) is 6.33 Å². The normalized spacial score (nSPS) is 14.4. The number of rotatable bonds is 7. The lowest BCUT2D eigenvalue weighted by Crippen LogP contribution is -2.47. The smallest absolute Gasteiger partial charge is 0.226 e. The van der Waals surface area contributed by atoms with Crippen LogP contribution >= 0.6 is 0 Å². The molecular formula is C23H26N6O2. The summed E-state index contributed by atoms with van der Waals surface area (Å²) in [5.74, 6) is 0.195. The van der Waals surface area contributed by atoms with Crippen LogP contribution in [-0.2, 0) is 22.4 Å². The van der Waals surface area contributed by atoms with E-state index < -0.39 is 0 Å². The van der Waals surface area contributed by atoms with E-state index in [4.69, 9.17) is 0 Å². The number of nitrogens with zero attached hydrogens (tertiary/aromatic N) is 5. The standard InChI is InChI=1S/C23H26N6O2/c30-22(11-8-18-4-2-1-3-5-18)25-20-12-14-28(15-13-20)23(31)16-19-6-9-21(10-7-19)29-17-24-26-27-29/h1-7,9-10,17,20H,8,11-16H2,(H,25,30). The third kappa shape index (κ3) is 5.75. The van der Waals surface area contributed by atoms with Crippen molar-refractivity contribution in [1.29, 1.82) is 0 Å². The third-order valence-electron chi connectivity index (χ3n) is 5.60. The fourth-order valence-corrected chi connectivity index (χ4v) is 3.81. The second-order valence-corrected chi connectivity index (χ2v) is 7.81. The number of aryl methyl sites for hydroxylation is 1. The van der Waals surface area contributed by atoms with Crippen molar-refractivity contribution in [2.75, 3.05) is 13.1 Å². The van der Waals surface area contributed by atoms with Crippen LogP contribution in [0.3, 0.4) is 0 Å². The zero-order chi connectivity index (χ0) is 21.5. The lowest BCUT2D eigenvalue weighted by atomic mass is 10.0. The minimum Gasteiger partial charge on any atom is -0.353 e. The number of likely N-dealkylation sites (tertiary alicyclic amines) is 1. The van der Waals surface area contributed by atoms with Crippen LogP contribution in [0.25, 0.3) is 5.69 Å². The second kappa shape index (κ2) is 9.97. The number of tetrazole rings is 1. The highest BCUT2D eigenvalue weighted by Crippen LogP contribution is 2.14. The average Bonchev–Trinajstić information content (AvgIpc) is 3.34. The van der Waals surface area contributed by atoms with E-state index in [0.717, 1.165) is 30.5 Å². The molecule has 1 aromatic heterocycles. The first-order valence-electron chi connectivity index (χ1n) is 10.6. The molecule has 160 valence electrons. The number of nitrogens with one attached hydrogen (secondary N) is 1. The Morgan fingerprint density at radius 2 is 1.71 bits per heavy atom. The summed E-state index contributed by atoms with van der Waals surface area (Å²) < 4.78 is 1.57. The SMILES string of the molecule is O=C(CCc1ccccc1)NC1CCN(C(=O)Cc2ccc(-n3cnnn3)cc2)CC1. The maximum Gasteiger partial charge on any atom is 0.226 e. The Balaban J connectivity index is 1.19. The first-order chi connectivity index (χ1) is 15.2. The number of hydrogen-bond donors (Lipinski definition) is 1. The minimum atomic E-state index is 0.0799. The predicted molar refractivity (Wildman–Crippen MR) is 115 cm³/mol. The number of piperidine rings is 1. The molecule has 8 heteroatoms. The molecule has 1 aliphatic rings. The summed E-state index contributed by atoms with van der Waals surface area (Å²) in [7, 11) is 0. The highest BCUT2D eigenvalue weighted by molar-refractivity contribution is 5.79. The van der Waals surface area contributed by atoms with Crippen molar-refractivity contribution >= 4 is 11.8 Å². The number of carbonyl (C=O) groups excluding carboxylic acids is 2. The molecule has 31 heavy (non-hydrogen) atoms. The van der Waals surface area contributed by atoms with Crippen LogP contribution in [-0.4, -0.2) is 56.1 Å². The molecule has 0 radical (unpaired) electrons. The van der Waals surface area contributed by atoms with Gasteiger partial charge in [-0.15, -0.1) is 5.10 Å². The molecule has 8 nitrogen and oxygen atoms in total. The first-order valence-corrected chi connectivity index (χ1v) is 10.6. The number of benzene rings is 2. The zero-order valence-electron chi connectivity index (χ0n) is 17.4. The van der Waals surface area contributed by atoms with E-state index in [1.165, 1.54) is 11.9 Å². The molecule has 1 N–H and O–H groups in total. The zero-order valence-corrected chi connectivity index (χ0v) is 17.4. The molecule has 0 saturated carbocycles. The van der Waals surface area contributed by atoms with Gasteiger partial charge in [0, 0.05) is 25.6 Å². The topological polar surface area (TPSA) is 93.0 Å². The molecule has 0 bridgehead atoms. The van der Waals surface area contributed by atoms with Crippen molar-refractivity contribution in [2.24, 2.45) is 0 Å². The molecule has 3 aromatic rings. The van der Waals surface area contributed by atoms with Gasteiger partial charge in [-0.1, -0.05) is 42.5 Å². The Kier molecular flexibility index (Phi) is 6.66. The number of aromatic nitrogens is 4. The summed E-state index contributed by atoms with van der Waals surface area (Å²) in [5, 5.41) is 14.2. The van der Waals surface area contributed by atoms with Crippen LogP contribution in [0.1, 0.15) is 30.4 Å². The summed E-state index contributed by atoms with van der Waals surface area (Å²) in [4.78, 5) is 26.8. The summed E-state index contributed by atoms with van der Waals surface area (Å²) in [6.45, 7) is 1.34. The number of hydrogen-bond acceptors (Lipinski definition) is 5. The summed E-state index contributed by atoms with van der Waals surface area (Å²) >= 11 is 0. The first kappa shape index (κ1) is 20.7. The van der Waals surface area contributed by atoms with Crippen molar-refractivity contribution in [2.45, 2.75) is 38.1 Å². The molecule has 2 heterocycles. The Morgan fingerprint density at radius 3 is 2.39 bits per heavy atom. The molecule has 1 saturated heterocycles. The quantitative estimate of drug-likeness (QED) is 0.633.